The third-order valence-electron chi connectivity index (χ3n) is 4.43. The first kappa shape index (κ1) is 18.5. The number of anilines is 1. The Hall–Kier alpha value is -3.28. The minimum atomic E-state index is -0.543. The smallest absolute Gasteiger partial charge is 0.319 e. The molecule has 0 saturated heterocycles. The third kappa shape index (κ3) is 4.11. The fourth-order valence-electron chi connectivity index (χ4n) is 3.07. The monoisotopic (exact) mass is 365 g/mol. The molecule has 2 aromatic rings. The van der Waals surface area contributed by atoms with Crippen LogP contribution in [0.4, 0.5) is 10.5 Å². The van der Waals surface area contributed by atoms with E-state index in [4.69, 9.17) is 4.74 Å². The van der Waals surface area contributed by atoms with Gasteiger partial charge in [-0.3, -0.25) is 4.79 Å². The second-order valence-electron chi connectivity index (χ2n) is 6.34. The van der Waals surface area contributed by atoms with Crippen LogP contribution in [-0.4, -0.2) is 18.5 Å². The van der Waals surface area contributed by atoms with Gasteiger partial charge in [-0.1, -0.05) is 30.3 Å². The molecule has 3 rings (SSSR count). The lowest BCUT2D eigenvalue weighted by molar-refractivity contribution is -0.113. The van der Waals surface area contributed by atoms with Crippen LogP contribution < -0.4 is 20.7 Å². The van der Waals surface area contributed by atoms with Crippen molar-refractivity contribution in [2.24, 2.45) is 0 Å². The summed E-state index contributed by atoms with van der Waals surface area (Å²) < 4.78 is 5.47. The molecule has 6 nitrogen and oxygen atoms in total. The van der Waals surface area contributed by atoms with Crippen LogP contribution in [0, 0.1) is 6.92 Å². The Morgan fingerprint density at radius 2 is 1.81 bits per heavy atom. The number of ether oxygens (including phenoxy) is 1. The molecular weight excluding hydrogens is 342 g/mol. The molecule has 0 unspecified atom stereocenters. The Kier molecular flexibility index (Phi) is 5.45. The number of nitrogens with one attached hydrogen (secondary N) is 3. The van der Waals surface area contributed by atoms with E-state index in [1.165, 1.54) is 0 Å². The molecule has 0 radical (unpaired) electrons. The molecule has 0 fully saturated rings. The Bertz CT molecular complexity index is 888. The van der Waals surface area contributed by atoms with Gasteiger partial charge < -0.3 is 20.7 Å². The highest BCUT2D eigenvalue weighted by molar-refractivity contribution is 6.07. The molecule has 1 atom stereocenters. The Balaban J connectivity index is 1.91. The van der Waals surface area contributed by atoms with Gasteiger partial charge in [-0.2, -0.15) is 0 Å². The summed E-state index contributed by atoms with van der Waals surface area (Å²) in [5, 5.41) is 8.47. The first-order chi connectivity index (χ1) is 13.0. The van der Waals surface area contributed by atoms with Crippen molar-refractivity contribution < 1.29 is 14.3 Å². The Labute approximate surface area is 158 Å². The molecule has 0 aliphatic carbocycles. The number of rotatable bonds is 5. The van der Waals surface area contributed by atoms with Gasteiger partial charge in [0.2, 0.25) is 0 Å². The molecular formula is C21H23N3O3. The zero-order chi connectivity index (χ0) is 19.4. The lowest BCUT2D eigenvalue weighted by Gasteiger charge is -2.29. The summed E-state index contributed by atoms with van der Waals surface area (Å²) in [5.41, 5.74) is 3.52. The van der Waals surface area contributed by atoms with E-state index in [2.05, 4.69) is 16.0 Å². The maximum Gasteiger partial charge on any atom is 0.319 e. The fourth-order valence-corrected chi connectivity index (χ4v) is 3.07. The van der Waals surface area contributed by atoms with Gasteiger partial charge in [0, 0.05) is 11.4 Å². The van der Waals surface area contributed by atoms with Crippen LogP contribution in [-0.2, 0) is 4.79 Å². The van der Waals surface area contributed by atoms with Gasteiger partial charge in [-0.05, 0) is 50.1 Å². The molecule has 0 spiro atoms. The van der Waals surface area contributed by atoms with E-state index >= 15 is 0 Å². The van der Waals surface area contributed by atoms with Crippen LogP contribution in [0.2, 0.25) is 0 Å². The number of urea groups is 1. The van der Waals surface area contributed by atoms with E-state index in [9.17, 15) is 9.59 Å². The minimum Gasteiger partial charge on any atom is -0.494 e. The number of carbonyl (C=O) groups is 2. The molecule has 1 aliphatic heterocycles. The minimum absolute atomic E-state index is 0.256. The van der Waals surface area contributed by atoms with E-state index in [0.717, 1.165) is 22.6 Å². The van der Waals surface area contributed by atoms with Crippen molar-refractivity contribution in [1.29, 1.82) is 0 Å². The van der Waals surface area contributed by atoms with Gasteiger partial charge in [0.15, 0.2) is 0 Å². The van der Waals surface area contributed by atoms with Gasteiger partial charge >= 0.3 is 6.03 Å². The van der Waals surface area contributed by atoms with E-state index in [1.807, 2.05) is 62.4 Å². The second kappa shape index (κ2) is 7.95. The van der Waals surface area contributed by atoms with E-state index in [0.29, 0.717) is 17.9 Å². The zero-order valence-electron chi connectivity index (χ0n) is 15.6. The molecule has 2 aromatic carbocycles. The summed E-state index contributed by atoms with van der Waals surface area (Å²) >= 11 is 0. The highest BCUT2D eigenvalue weighted by atomic mass is 16.5. The van der Waals surface area contributed by atoms with E-state index < -0.39 is 6.04 Å². The van der Waals surface area contributed by atoms with Crippen molar-refractivity contribution >= 4 is 17.6 Å². The largest absolute Gasteiger partial charge is 0.494 e. The molecule has 1 heterocycles. The quantitative estimate of drug-likeness (QED) is 0.756. The molecule has 6 heteroatoms. The summed E-state index contributed by atoms with van der Waals surface area (Å²) in [5.74, 6) is 0.487. The second-order valence-corrected chi connectivity index (χ2v) is 6.34. The number of hydrogen-bond donors (Lipinski definition) is 3. The molecule has 0 aromatic heterocycles. The topological polar surface area (TPSA) is 79.5 Å². The van der Waals surface area contributed by atoms with Crippen molar-refractivity contribution in [2.45, 2.75) is 26.8 Å². The number of amides is 3. The van der Waals surface area contributed by atoms with E-state index in [1.54, 1.807) is 6.92 Å². The molecule has 3 N–H and O–H groups in total. The number of benzene rings is 2. The van der Waals surface area contributed by atoms with Crippen LogP contribution in [0.15, 0.2) is 59.8 Å². The van der Waals surface area contributed by atoms with Gasteiger partial charge in [-0.25, -0.2) is 4.79 Å². The Morgan fingerprint density at radius 1 is 1.11 bits per heavy atom. The number of para-hydroxylation sites is 1. The molecule has 0 bridgehead atoms. The molecule has 27 heavy (non-hydrogen) atoms. The standard InChI is InChI=1S/C21H23N3O3/c1-4-27-16-11-9-15(10-12-16)19-18(14(3)22-21(26)24-19)20(25)23-17-8-6-5-7-13(17)2/h5-12,19H,4H2,1-3H3,(H,23,25)(H2,22,24,26)/t19-/m1/s1. The average molecular weight is 365 g/mol. The summed E-state index contributed by atoms with van der Waals surface area (Å²) in [6.07, 6.45) is 0. The number of carbonyl (C=O) groups excluding carboxylic acids is 2. The SMILES string of the molecule is CCOc1ccc([C@H]2NC(=O)NC(C)=C2C(=O)Nc2ccccc2C)cc1. The van der Waals surface area contributed by atoms with E-state index in [-0.39, 0.29) is 11.9 Å². The van der Waals surface area contributed by atoms with Crippen LogP contribution in [0.25, 0.3) is 0 Å². The van der Waals surface area contributed by atoms with Crippen molar-refractivity contribution in [2.75, 3.05) is 11.9 Å². The number of aryl methyl sites for hydroxylation is 1. The first-order valence-electron chi connectivity index (χ1n) is 8.87. The van der Waals surface area contributed by atoms with Crippen LogP contribution in [0.1, 0.15) is 31.0 Å². The zero-order valence-corrected chi connectivity index (χ0v) is 15.6. The molecule has 0 saturated carbocycles. The van der Waals surface area contributed by atoms with Crippen molar-refractivity contribution in [3.05, 3.63) is 70.9 Å². The maximum absolute atomic E-state index is 13.0. The first-order valence-corrected chi connectivity index (χ1v) is 8.87. The normalized spacial score (nSPS) is 16.4. The molecule has 140 valence electrons. The average Bonchev–Trinajstić information content (AvgIpc) is 2.64. The summed E-state index contributed by atoms with van der Waals surface area (Å²) in [7, 11) is 0. The number of hydrogen-bond acceptors (Lipinski definition) is 3. The molecule has 3 amide bonds. The lowest BCUT2D eigenvalue weighted by Crippen LogP contribution is -2.46. The summed E-state index contributed by atoms with van der Waals surface area (Å²) in [4.78, 5) is 25.0. The van der Waals surface area contributed by atoms with Gasteiger partial charge in [0.25, 0.3) is 5.91 Å². The van der Waals surface area contributed by atoms with Gasteiger partial charge in [0.05, 0.1) is 18.2 Å². The Morgan fingerprint density at radius 3 is 2.48 bits per heavy atom. The summed E-state index contributed by atoms with van der Waals surface area (Å²) in [6, 6.07) is 14.1. The number of allylic oxidation sites excluding steroid dienone is 1. The highest BCUT2D eigenvalue weighted by Gasteiger charge is 2.31. The predicted molar refractivity (Wildman–Crippen MR) is 105 cm³/mol. The van der Waals surface area contributed by atoms with Crippen molar-refractivity contribution in [1.82, 2.24) is 10.6 Å². The fraction of sp³-hybridized carbons (Fsp3) is 0.238. The van der Waals surface area contributed by atoms with Crippen LogP contribution in [0.3, 0.4) is 0 Å². The van der Waals surface area contributed by atoms with Crippen molar-refractivity contribution in [3.8, 4) is 5.75 Å². The van der Waals surface area contributed by atoms with Crippen LogP contribution in [0.5, 0.6) is 5.75 Å². The lowest BCUT2D eigenvalue weighted by atomic mass is 9.94. The highest BCUT2D eigenvalue weighted by Crippen LogP contribution is 2.29. The van der Waals surface area contributed by atoms with Gasteiger partial charge in [0.1, 0.15) is 5.75 Å². The predicted octanol–water partition coefficient (Wildman–Crippen LogP) is 3.66. The maximum atomic E-state index is 13.0. The molecule has 1 aliphatic rings. The van der Waals surface area contributed by atoms with Crippen LogP contribution >= 0.6 is 0 Å². The third-order valence-corrected chi connectivity index (χ3v) is 4.43. The van der Waals surface area contributed by atoms with Gasteiger partial charge in [-0.15, -0.1) is 0 Å². The van der Waals surface area contributed by atoms with Crippen molar-refractivity contribution in [3.63, 3.8) is 0 Å². The summed E-state index contributed by atoms with van der Waals surface area (Å²) in [6.45, 7) is 6.16.